The Bertz CT molecular complexity index is 1590. The van der Waals surface area contributed by atoms with Gasteiger partial charge in [0.1, 0.15) is 11.3 Å². The third-order valence-electron chi connectivity index (χ3n) is 7.09. The molecule has 212 valence electrons. The van der Waals surface area contributed by atoms with Crippen LogP contribution in [0.2, 0.25) is 0 Å². The zero-order valence-corrected chi connectivity index (χ0v) is 24.8. The number of para-hydroxylation sites is 1. The van der Waals surface area contributed by atoms with Crippen molar-refractivity contribution in [2.75, 3.05) is 31.1 Å². The summed E-state index contributed by atoms with van der Waals surface area (Å²) in [7, 11) is -3.60. The van der Waals surface area contributed by atoms with Crippen molar-refractivity contribution in [1.29, 1.82) is 0 Å². The van der Waals surface area contributed by atoms with Gasteiger partial charge in [-0.3, -0.25) is 14.4 Å². The SMILES string of the molecule is CCOc1cccc2sc(N(CCn3nc(C)cc3C)C(=O)c3ccc(S(=O)(=O)N4CCCCCC4)cc3)nc12. The number of amides is 1. The maximum Gasteiger partial charge on any atom is 0.260 e. The van der Waals surface area contributed by atoms with Crippen molar-refractivity contribution >= 4 is 42.6 Å². The van der Waals surface area contributed by atoms with Gasteiger partial charge in [0.15, 0.2) is 5.13 Å². The maximum atomic E-state index is 13.9. The molecule has 9 nitrogen and oxygen atoms in total. The van der Waals surface area contributed by atoms with E-state index in [9.17, 15) is 13.2 Å². The second-order valence-corrected chi connectivity index (χ2v) is 12.9. The first-order valence-electron chi connectivity index (χ1n) is 13.7. The van der Waals surface area contributed by atoms with Crippen LogP contribution in [0, 0.1) is 13.8 Å². The van der Waals surface area contributed by atoms with E-state index in [-0.39, 0.29) is 10.8 Å². The Balaban J connectivity index is 1.45. The molecule has 2 aromatic heterocycles. The standard InChI is InChI=1S/C29H35N5O4S2/c1-4-38-25-10-9-11-26-27(25)30-29(39-26)33(18-19-34-22(3)20-21(2)31-34)28(35)23-12-14-24(15-13-23)40(36,37)32-16-7-5-6-8-17-32/h9-15,20H,4-8,16-19H2,1-3H3. The molecule has 11 heteroatoms. The van der Waals surface area contributed by atoms with Crippen molar-refractivity contribution in [3.05, 3.63) is 65.5 Å². The Morgan fingerprint density at radius 1 is 1.05 bits per heavy atom. The van der Waals surface area contributed by atoms with E-state index in [1.807, 2.05) is 49.7 Å². The number of sulfonamides is 1. The molecule has 1 aliphatic heterocycles. The maximum absolute atomic E-state index is 13.9. The van der Waals surface area contributed by atoms with Gasteiger partial charge in [0.25, 0.3) is 5.91 Å². The molecule has 1 amide bonds. The molecule has 0 N–H and O–H groups in total. The zero-order valence-electron chi connectivity index (χ0n) is 23.2. The largest absolute Gasteiger partial charge is 0.492 e. The summed E-state index contributed by atoms with van der Waals surface area (Å²) >= 11 is 1.42. The fourth-order valence-corrected chi connectivity index (χ4v) is 7.56. The molecule has 1 saturated heterocycles. The third kappa shape index (κ3) is 5.91. The number of hydrogen-bond donors (Lipinski definition) is 0. The molecule has 0 radical (unpaired) electrons. The molecule has 0 aliphatic carbocycles. The van der Waals surface area contributed by atoms with Gasteiger partial charge < -0.3 is 4.74 Å². The molecule has 4 aromatic rings. The van der Waals surface area contributed by atoms with Crippen molar-refractivity contribution < 1.29 is 17.9 Å². The predicted octanol–water partition coefficient (Wildman–Crippen LogP) is 5.42. The van der Waals surface area contributed by atoms with Crippen LogP contribution in [0.5, 0.6) is 5.75 Å². The second kappa shape index (κ2) is 12.1. The van der Waals surface area contributed by atoms with Gasteiger partial charge >= 0.3 is 0 Å². The van der Waals surface area contributed by atoms with Crippen molar-refractivity contribution in [2.45, 2.75) is 57.9 Å². The van der Waals surface area contributed by atoms with Crippen LogP contribution in [0.15, 0.2) is 53.4 Å². The monoisotopic (exact) mass is 581 g/mol. The number of anilines is 1. The van der Waals surface area contributed by atoms with E-state index in [1.165, 1.54) is 23.5 Å². The normalized spacial score (nSPS) is 14.8. The molecule has 1 aliphatic rings. The van der Waals surface area contributed by atoms with E-state index in [4.69, 9.17) is 9.72 Å². The average Bonchev–Trinajstić information content (AvgIpc) is 3.38. The Morgan fingerprint density at radius 2 is 1.77 bits per heavy atom. The number of carbonyl (C=O) groups excluding carboxylic acids is 1. The van der Waals surface area contributed by atoms with E-state index in [1.54, 1.807) is 21.3 Å². The van der Waals surface area contributed by atoms with Gasteiger partial charge in [0.05, 0.1) is 28.4 Å². The molecular weight excluding hydrogens is 546 g/mol. The van der Waals surface area contributed by atoms with Crippen LogP contribution in [0.25, 0.3) is 10.2 Å². The summed E-state index contributed by atoms with van der Waals surface area (Å²) in [6.45, 7) is 8.26. The molecule has 0 unspecified atom stereocenters. The highest BCUT2D eigenvalue weighted by atomic mass is 32.2. The molecule has 3 heterocycles. The number of rotatable bonds is 9. The van der Waals surface area contributed by atoms with Crippen LogP contribution >= 0.6 is 11.3 Å². The highest BCUT2D eigenvalue weighted by Crippen LogP contribution is 2.35. The van der Waals surface area contributed by atoms with Crippen molar-refractivity contribution in [1.82, 2.24) is 19.1 Å². The van der Waals surface area contributed by atoms with Gasteiger partial charge in [0.2, 0.25) is 10.0 Å². The van der Waals surface area contributed by atoms with Crippen molar-refractivity contribution in [3.63, 3.8) is 0 Å². The summed E-state index contributed by atoms with van der Waals surface area (Å²) in [6.07, 6.45) is 3.83. The molecular formula is C29H35N5O4S2. The van der Waals surface area contributed by atoms with Gasteiger partial charge in [-0.1, -0.05) is 30.2 Å². The third-order valence-corrected chi connectivity index (χ3v) is 10.0. The number of hydrogen-bond acceptors (Lipinski definition) is 7. The molecule has 1 fully saturated rings. The first-order valence-corrected chi connectivity index (χ1v) is 16.0. The molecule has 5 rings (SSSR count). The molecule has 2 aromatic carbocycles. The minimum absolute atomic E-state index is 0.210. The summed E-state index contributed by atoms with van der Waals surface area (Å²) in [5, 5.41) is 5.10. The lowest BCUT2D eigenvalue weighted by Crippen LogP contribution is -2.34. The van der Waals surface area contributed by atoms with Crippen LogP contribution < -0.4 is 9.64 Å². The van der Waals surface area contributed by atoms with Crippen LogP contribution in [0.3, 0.4) is 0 Å². The summed E-state index contributed by atoms with van der Waals surface area (Å²) in [5.74, 6) is 0.425. The van der Waals surface area contributed by atoms with Gasteiger partial charge in [-0.15, -0.1) is 0 Å². The molecule has 0 saturated carbocycles. The van der Waals surface area contributed by atoms with Crippen LogP contribution in [-0.4, -0.2) is 59.6 Å². The lowest BCUT2D eigenvalue weighted by Gasteiger charge is -2.22. The number of fused-ring (bicyclic) bond motifs is 1. The van der Waals surface area contributed by atoms with Crippen molar-refractivity contribution in [3.8, 4) is 5.75 Å². The second-order valence-electron chi connectivity index (χ2n) is 9.98. The molecule has 40 heavy (non-hydrogen) atoms. The predicted molar refractivity (Wildman–Crippen MR) is 158 cm³/mol. The molecule has 0 atom stereocenters. The first-order chi connectivity index (χ1) is 19.3. The highest BCUT2D eigenvalue weighted by molar-refractivity contribution is 7.89. The number of benzene rings is 2. The van der Waals surface area contributed by atoms with Crippen LogP contribution in [-0.2, 0) is 16.6 Å². The lowest BCUT2D eigenvalue weighted by atomic mass is 10.2. The summed E-state index contributed by atoms with van der Waals surface area (Å²) < 4.78 is 36.6. The Labute approximate surface area is 239 Å². The van der Waals surface area contributed by atoms with E-state index in [0.717, 1.165) is 41.8 Å². The van der Waals surface area contributed by atoms with Gasteiger partial charge in [-0.2, -0.15) is 9.40 Å². The number of aryl methyl sites for hydroxylation is 2. The first kappa shape index (κ1) is 28.3. The number of aromatic nitrogens is 3. The quantitative estimate of drug-likeness (QED) is 0.262. The van der Waals surface area contributed by atoms with E-state index < -0.39 is 10.0 Å². The number of nitrogens with zero attached hydrogens (tertiary/aromatic N) is 5. The topological polar surface area (TPSA) is 97.6 Å². The number of thiazole rings is 1. The fraction of sp³-hybridized carbons (Fsp3) is 0.414. The molecule has 0 bridgehead atoms. The van der Waals surface area contributed by atoms with Crippen LogP contribution in [0.4, 0.5) is 5.13 Å². The summed E-state index contributed by atoms with van der Waals surface area (Å²) in [5.41, 5.74) is 3.04. The Kier molecular flexibility index (Phi) is 8.53. The lowest BCUT2D eigenvalue weighted by molar-refractivity contribution is 0.0985. The smallest absolute Gasteiger partial charge is 0.260 e. The van der Waals surface area contributed by atoms with Crippen molar-refractivity contribution in [2.24, 2.45) is 0 Å². The zero-order chi connectivity index (χ0) is 28.3. The van der Waals surface area contributed by atoms with E-state index >= 15 is 0 Å². The fourth-order valence-electron chi connectivity index (χ4n) is 5.04. The molecule has 0 spiro atoms. The van der Waals surface area contributed by atoms with Gasteiger partial charge in [-0.05, 0) is 76.1 Å². The van der Waals surface area contributed by atoms with E-state index in [2.05, 4.69) is 5.10 Å². The average molecular weight is 582 g/mol. The van der Waals surface area contributed by atoms with Crippen LogP contribution in [0.1, 0.15) is 54.4 Å². The summed E-state index contributed by atoms with van der Waals surface area (Å²) in [6, 6.07) is 14.0. The summed E-state index contributed by atoms with van der Waals surface area (Å²) in [4.78, 5) is 20.6. The van der Waals surface area contributed by atoms with Gasteiger partial charge in [-0.25, -0.2) is 13.4 Å². The minimum atomic E-state index is -3.60. The van der Waals surface area contributed by atoms with Gasteiger partial charge in [0, 0.05) is 30.9 Å². The van der Waals surface area contributed by atoms with E-state index in [0.29, 0.717) is 54.7 Å². The Hall–Kier alpha value is -3.28. The Morgan fingerprint density at radius 3 is 2.42 bits per heavy atom. The number of ether oxygens (including phenoxy) is 1. The minimum Gasteiger partial charge on any atom is -0.492 e. The highest BCUT2D eigenvalue weighted by Gasteiger charge is 2.27. The number of carbonyl (C=O) groups is 1.